The van der Waals surface area contributed by atoms with Crippen LogP contribution >= 0.6 is 0 Å². The first-order valence-corrected chi connectivity index (χ1v) is 8.71. The number of pyridine rings is 1. The number of hydrogen-bond acceptors (Lipinski definition) is 5. The van der Waals surface area contributed by atoms with E-state index in [9.17, 15) is 4.79 Å². The number of nitrogens with zero attached hydrogens (tertiary/aromatic N) is 1. The van der Waals surface area contributed by atoms with E-state index >= 15 is 0 Å². The summed E-state index contributed by atoms with van der Waals surface area (Å²) in [4.78, 5) is 16.2. The van der Waals surface area contributed by atoms with Gasteiger partial charge in [-0.2, -0.15) is 0 Å². The van der Waals surface area contributed by atoms with Crippen molar-refractivity contribution in [1.29, 1.82) is 0 Å². The largest absolute Gasteiger partial charge is 0.490 e. The summed E-state index contributed by atoms with van der Waals surface area (Å²) in [6.07, 6.45) is 2.85. The molecule has 2 aromatic rings. The number of carbonyl (C=O) groups is 1. The minimum Gasteiger partial charge on any atom is -0.490 e. The molecule has 2 fully saturated rings. The third-order valence-electron chi connectivity index (χ3n) is 5.18. The minimum absolute atomic E-state index is 0.0627. The Kier molecular flexibility index (Phi) is 3.80. The fraction of sp³-hybridized carbons (Fsp3) is 0.474. The topological polar surface area (TPSA) is 86.5 Å². The van der Waals surface area contributed by atoms with Gasteiger partial charge in [0, 0.05) is 23.5 Å². The van der Waals surface area contributed by atoms with E-state index in [1.165, 1.54) is 6.42 Å². The molecule has 4 rings (SSSR count). The molecule has 1 aromatic carbocycles. The number of carbonyl (C=O) groups excluding carboxylic acids is 1. The van der Waals surface area contributed by atoms with E-state index in [1.54, 1.807) is 12.3 Å². The van der Waals surface area contributed by atoms with Crippen LogP contribution in [0.3, 0.4) is 0 Å². The molecule has 2 aliphatic rings. The molecule has 0 spiro atoms. The summed E-state index contributed by atoms with van der Waals surface area (Å²) in [5, 5.41) is 5.12. The molecule has 1 amide bonds. The minimum atomic E-state index is -0.506. The van der Waals surface area contributed by atoms with Crippen molar-refractivity contribution in [3.8, 4) is 11.6 Å². The van der Waals surface area contributed by atoms with Crippen molar-refractivity contribution >= 4 is 16.7 Å². The van der Waals surface area contributed by atoms with E-state index < -0.39 is 5.91 Å². The average molecular weight is 341 g/mol. The maximum atomic E-state index is 11.8. The van der Waals surface area contributed by atoms with Crippen LogP contribution < -0.4 is 20.5 Å². The van der Waals surface area contributed by atoms with E-state index in [0.717, 1.165) is 29.8 Å². The number of piperidine rings is 1. The lowest BCUT2D eigenvalue weighted by Crippen LogP contribution is -2.22. The number of nitrogens with one attached hydrogen (secondary N) is 1. The Labute approximate surface area is 146 Å². The van der Waals surface area contributed by atoms with E-state index in [0.29, 0.717) is 23.8 Å². The number of rotatable bonds is 6. The zero-order chi connectivity index (χ0) is 17.6. The lowest BCUT2D eigenvalue weighted by atomic mass is 10.1. The summed E-state index contributed by atoms with van der Waals surface area (Å²) in [5.74, 6) is 1.27. The van der Waals surface area contributed by atoms with Crippen molar-refractivity contribution in [2.24, 2.45) is 17.1 Å². The van der Waals surface area contributed by atoms with Gasteiger partial charge in [0.2, 0.25) is 5.88 Å². The predicted molar refractivity (Wildman–Crippen MR) is 94.9 cm³/mol. The number of fused-ring (bicyclic) bond motifs is 2. The quantitative estimate of drug-likeness (QED) is 0.840. The Bertz CT molecular complexity index is 836. The van der Waals surface area contributed by atoms with Crippen LogP contribution in [0, 0.1) is 11.3 Å². The molecule has 132 valence electrons. The van der Waals surface area contributed by atoms with Gasteiger partial charge in [0.15, 0.2) is 0 Å². The fourth-order valence-corrected chi connectivity index (χ4v) is 3.71. The molecule has 1 saturated heterocycles. The SMILES string of the molecule is CC(C)Oc1cc2c(OC[C@@]34CNC[C@@H]3C4)nccc2cc1C(N)=O. The Balaban J connectivity index is 1.68. The molecule has 1 aromatic heterocycles. The Hall–Kier alpha value is -2.34. The first kappa shape index (κ1) is 16.1. The number of amides is 1. The van der Waals surface area contributed by atoms with Gasteiger partial charge in [0.05, 0.1) is 18.3 Å². The number of primary amides is 1. The Morgan fingerprint density at radius 1 is 1.48 bits per heavy atom. The van der Waals surface area contributed by atoms with Gasteiger partial charge in [-0.15, -0.1) is 0 Å². The molecule has 2 atom stereocenters. The Morgan fingerprint density at radius 3 is 2.96 bits per heavy atom. The van der Waals surface area contributed by atoms with Gasteiger partial charge in [-0.25, -0.2) is 4.98 Å². The second-order valence-electron chi connectivity index (χ2n) is 7.40. The molecule has 6 heteroatoms. The molecule has 1 saturated carbocycles. The van der Waals surface area contributed by atoms with Gasteiger partial charge in [-0.05, 0) is 56.3 Å². The van der Waals surface area contributed by atoms with Crippen LogP contribution in [0.5, 0.6) is 11.6 Å². The molecule has 0 radical (unpaired) electrons. The molecule has 6 nitrogen and oxygen atoms in total. The lowest BCUT2D eigenvalue weighted by molar-refractivity contribution is 0.0994. The normalized spacial score (nSPS) is 24.4. The Morgan fingerprint density at radius 2 is 2.32 bits per heavy atom. The summed E-state index contributed by atoms with van der Waals surface area (Å²) in [5.41, 5.74) is 6.16. The molecular formula is C19H23N3O3. The lowest BCUT2D eigenvalue weighted by Gasteiger charge is -2.17. The molecular weight excluding hydrogens is 318 g/mol. The predicted octanol–water partition coefficient (Wildman–Crippen LogP) is 2.11. The molecule has 1 aliphatic heterocycles. The molecule has 3 N–H and O–H groups in total. The van der Waals surface area contributed by atoms with Crippen molar-refractivity contribution in [2.75, 3.05) is 19.7 Å². The monoisotopic (exact) mass is 341 g/mol. The second-order valence-corrected chi connectivity index (χ2v) is 7.40. The third-order valence-corrected chi connectivity index (χ3v) is 5.18. The van der Waals surface area contributed by atoms with E-state index in [-0.39, 0.29) is 11.5 Å². The second kappa shape index (κ2) is 5.88. The summed E-state index contributed by atoms with van der Waals surface area (Å²) in [6, 6.07) is 5.41. The van der Waals surface area contributed by atoms with Crippen molar-refractivity contribution in [3.05, 3.63) is 30.0 Å². The molecule has 0 bridgehead atoms. The van der Waals surface area contributed by atoms with Crippen LogP contribution in [-0.4, -0.2) is 36.7 Å². The van der Waals surface area contributed by atoms with Gasteiger partial charge < -0.3 is 20.5 Å². The van der Waals surface area contributed by atoms with Crippen LogP contribution in [0.4, 0.5) is 0 Å². The highest BCUT2D eigenvalue weighted by Crippen LogP contribution is 2.55. The summed E-state index contributed by atoms with van der Waals surface area (Å²) < 4.78 is 11.9. The maximum Gasteiger partial charge on any atom is 0.252 e. The van der Waals surface area contributed by atoms with E-state index in [1.807, 2.05) is 26.0 Å². The first-order valence-electron chi connectivity index (χ1n) is 8.71. The molecule has 1 aliphatic carbocycles. The molecule has 0 unspecified atom stereocenters. The van der Waals surface area contributed by atoms with Crippen LogP contribution in [0.2, 0.25) is 0 Å². The van der Waals surface area contributed by atoms with Crippen molar-refractivity contribution in [2.45, 2.75) is 26.4 Å². The van der Waals surface area contributed by atoms with Gasteiger partial charge in [-0.1, -0.05) is 0 Å². The summed E-state index contributed by atoms with van der Waals surface area (Å²) in [6.45, 7) is 6.58. The number of nitrogens with two attached hydrogens (primary N) is 1. The number of ether oxygens (including phenoxy) is 2. The van der Waals surface area contributed by atoms with Gasteiger partial charge in [0.1, 0.15) is 5.75 Å². The first-order chi connectivity index (χ1) is 12.0. The highest BCUT2D eigenvalue weighted by atomic mass is 16.5. The van der Waals surface area contributed by atoms with E-state index in [4.69, 9.17) is 15.2 Å². The molecule has 2 heterocycles. The smallest absolute Gasteiger partial charge is 0.252 e. The maximum absolute atomic E-state index is 11.8. The molecule has 25 heavy (non-hydrogen) atoms. The van der Waals surface area contributed by atoms with Crippen LogP contribution in [-0.2, 0) is 0 Å². The summed E-state index contributed by atoms with van der Waals surface area (Å²) in [7, 11) is 0. The van der Waals surface area contributed by atoms with Crippen LogP contribution in [0.1, 0.15) is 30.6 Å². The zero-order valence-electron chi connectivity index (χ0n) is 14.5. The van der Waals surface area contributed by atoms with Crippen molar-refractivity contribution in [1.82, 2.24) is 10.3 Å². The highest BCUT2D eigenvalue weighted by molar-refractivity contribution is 6.01. The number of benzene rings is 1. The van der Waals surface area contributed by atoms with Crippen molar-refractivity contribution in [3.63, 3.8) is 0 Å². The highest BCUT2D eigenvalue weighted by Gasteiger charge is 2.57. The third kappa shape index (κ3) is 2.91. The van der Waals surface area contributed by atoms with E-state index in [2.05, 4.69) is 10.3 Å². The number of hydrogen-bond donors (Lipinski definition) is 2. The summed E-state index contributed by atoms with van der Waals surface area (Å²) >= 11 is 0. The van der Waals surface area contributed by atoms with Gasteiger partial charge in [-0.3, -0.25) is 4.79 Å². The number of aromatic nitrogens is 1. The van der Waals surface area contributed by atoms with Gasteiger partial charge in [0.25, 0.3) is 5.91 Å². The zero-order valence-corrected chi connectivity index (χ0v) is 14.5. The standard InChI is InChI=1S/C19H23N3O3/c1-11(2)25-16-6-14-12(5-15(16)17(20)23)3-4-22-18(14)24-10-19-7-13(19)8-21-9-19/h3-6,11,13,21H,7-10H2,1-2H3,(H2,20,23)/t13-,19+/m0/s1. The van der Waals surface area contributed by atoms with Gasteiger partial charge >= 0.3 is 0 Å². The fourth-order valence-electron chi connectivity index (χ4n) is 3.71. The van der Waals surface area contributed by atoms with Crippen LogP contribution in [0.15, 0.2) is 24.4 Å². The average Bonchev–Trinajstić information content (AvgIpc) is 3.11. The van der Waals surface area contributed by atoms with Crippen LogP contribution in [0.25, 0.3) is 10.8 Å². The van der Waals surface area contributed by atoms with Crippen molar-refractivity contribution < 1.29 is 14.3 Å².